The summed E-state index contributed by atoms with van der Waals surface area (Å²) in [6.07, 6.45) is 1.02. The van der Waals surface area contributed by atoms with Gasteiger partial charge in [0.1, 0.15) is 0 Å². The summed E-state index contributed by atoms with van der Waals surface area (Å²) in [7, 11) is 0. The van der Waals surface area contributed by atoms with Crippen molar-refractivity contribution in [2.45, 2.75) is 38.6 Å². The lowest BCUT2D eigenvalue weighted by atomic mass is 9.90. The summed E-state index contributed by atoms with van der Waals surface area (Å²) < 4.78 is 0. The lowest BCUT2D eigenvalue weighted by Gasteiger charge is -2.21. The van der Waals surface area contributed by atoms with Gasteiger partial charge in [-0.25, -0.2) is 0 Å². The Morgan fingerprint density at radius 1 is 1.28 bits per heavy atom. The molecule has 4 heteroatoms. The third-order valence-electron chi connectivity index (χ3n) is 3.01. The molecule has 0 radical (unpaired) electrons. The molecule has 1 aliphatic rings. The van der Waals surface area contributed by atoms with Crippen LogP contribution in [0.2, 0.25) is 0 Å². The number of piperidine rings is 1. The molecule has 100 valence electrons. The SMILES string of the molecule is CC(C)Nc1ccc(C2CCC(=O)NC2=O)cc1.[HH].[HH]. The largest absolute Gasteiger partial charge is 0.383 e. The molecule has 2 N–H and O–H groups in total. The summed E-state index contributed by atoms with van der Waals surface area (Å²) in [5, 5.41) is 5.68. The Morgan fingerprint density at radius 3 is 2.50 bits per heavy atom. The lowest BCUT2D eigenvalue weighted by molar-refractivity contribution is -0.134. The molecule has 0 bridgehead atoms. The summed E-state index contributed by atoms with van der Waals surface area (Å²) in [5.41, 5.74) is 2.01. The molecule has 1 saturated heterocycles. The van der Waals surface area contributed by atoms with Crippen molar-refractivity contribution >= 4 is 17.5 Å². The molecular weight excluding hydrogens is 228 g/mol. The molecule has 1 atom stereocenters. The van der Waals surface area contributed by atoms with Gasteiger partial charge in [0.25, 0.3) is 0 Å². The minimum atomic E-state index is -0.198. The first kappa shape index (κ1) is 12.6. The van der Waals surface area contributed by atoms with Gasteiger partial charge in [0.2, 0.25) is 11.8 Å². The van der Waals surface area contributed by atoms with Gasteiger partial charge in [-0.3, -0.25) is 14.9 Å². The molecule has 0 aromatic heterocycles. The number of nitrogens with one attached hydrogen (secondary N) is 2. The average molecular weight is 250 g/mol. The number of rotatable bonds is 3. The third-order valence-corrected chi connectivity index (χ3v) is 3.01. The normalized spacial score (nSPS) is 19.8. The van der Waals surface area contributed by atoms with E-state index in [0.29, 0.717) is 18.9 Å². The van der Waals surface area contributed by atoms with E-state index in [9.17, 15) is 9.59 Å². The van der Waals surface area contributed by atoms with Crippen LogP contribution in [0.5, 0.6) is 0 Å². The predicted molar refractivity (Wildman–Crippen MR) is 74.6 cm³/mol. The molecule has 0 aliphatic carbocycles. The van der Waals surface area contributed by atoms with Crippen molar-refractivity contribution in [2.24, 2.45) is 0 Å². The van der Waals surface area contributed by atoms with Gasteiger partial charge in [-0.05, 0) is 38.0 Å². The van der Waals surface area contributed by atoms with Gasteiger partial charge in [0, 0.05) is 21.0 Å². The Bertz CT molecular complexity index is 461. The topological polar surface area (TPSA) is 58.2 Å². The maximum atomic E-state index is 11.7. The minimum absolute atomic E-state index is 0. The number of benzene rings is 1. The van der Waals surface area contributed by atoms with Crippen LogP contribution in [0.25, 0.3) is 0 Å². The van der Waals surface area contributed by atoms with E-state index in [-0.39, 0.29) is 20.6 Å². The van der Waals surface area contributed by atoms with Crippen LogP contribution < -0.4 is 10.6 Å². The fourth-order valence-corrected chi connectivity index (χ4v) is 2.16. The monoisotopic (exact) mass is 250 g/mol. The maximum Gasteiger partial charge on any atom is 0.234 e. The van der Waals surface area contributed by atoms with Crippen molar-refractivity contribution in [1.29, 1.82) is 0 Å². The van der Waals surface area contributed by atoms with Crippen LogP contribution in [0.15, 0.2) is 24.3 Å². The van der Waals surface area contributed by atoms with Gasteiger partial charge in [-0.1, -0.05) is 12.1 Å². The zero-order chi connectivity index (χ0) is 13.1. The second kappa shape index (κ2) is 5.21. The number of anilines is 1. The van der Waals surface area contributed by atoms with Crippen molar-refractivity contribution in [1.82, 2.24) is 5.32 Å². The van der Waals surface area contributed by atoms with Gasteiger partial charge in [0.15, 0.2) is 0 Å². The second-order valence-electron chi connectivity index (χ2n) is 4.92. The molecule has 4 nitrogen and oxygen atoms in total. The molecule has 2 amide bonds. The molecule has 1 aliphatic heterocycles. The number of carbonyl (C=O) groups excluding carboxylic acids is 2. The Hall–Kier alpha value is -1.84. The number of carbonyl (C=O) groups is 2. The van der Waals surface area contributed by atoms with Crippen LogP contribution in [0, 0.1) is 0 Å². The first-order valence-corrected chi connectivity index (χ1v) is 6.26. The summed E-state index contributed by atoms with van der Waals surface area (Å²) in [6.45, 7) is 4.15. The first-order chi connectivity index (χ1) is 8.56. The smallest absolute Gasteiger partial charge is 0.234 e. The highest BCUT2D eigenvalue weighted by molar-refractivity contribution is 6.00. The van der Waals surface area contributed by atoms with Crippen molar-refractivity contribution in [2.75, 3.05) is 5.32 Å². The number of amides is 2. The van der Waals surface area contributed by atoms with Gasteiger partial charge in [-0.15, -0.1) is 0 Å². The van der Waals surface area contributed by atoms with Crippen molar-refractivity contribution in [3.05, 3.63) is 29.8 Å². The zero-order valence-electron chi connectivity index (χ0n) is 10.7. The quantitative estimate of drug-likeness (QED) is 0.810. The lowest BCUT2D eigenvalue weighted by Crippen LogP contribution is -2.39. The Balaban J connectivity index is 0.00000180. The molecule has 0 spiro atoms. The van der Waals surface area contributed by atoms with E-state index in [1.165, 1.54) is 0 Å². The maximum absolute atomic E-state index is 11.7. The van der Waals surface area contributed by atoms with E-state index in [0.717, 1.165) is 11.3 Å². The van der Waals surface area contributed by atoms with Gasteiger partial charge >= 0.3 is 0 Å². The van der Waals surface area contributed by atoms with E-state index in [1.54, 1.807) is 0 Å². The molecule has 1 aromatic rings. The summed E-state index contributed by atoms with van der Waals surface area (Å²) in [5.74, 6) is -0.555. The van der Waals surface area contributed by atoms with E-state index < -0.39 is 0 Å². The van der Waals surface area contributed by atoms with Crippen molar-refractivity contribution in [3.63, 3.8) is 0 Å². The number of hydrogen-bond donors (Lipinski definition) is 2. The number of imide groups is 1. The highest BCUT2D eigenvalue weighted by Crippen LogP contribution is 2.25. The molecule has 1 fully saturated rings. The summed E-state index contributed by atoms with van der Waals surface area (Å²) in [4.78, 5) is 22.8. The van der Waals surface area contributed by atoms with Gasteiger partial charge in [-0.2, -0.15) is 0 Å². The highest BCUT2D eigenvalue weighted by atomic mass is 16.2. The number of hydrogen-bond acceptors (Lipinski definition) is 3. The molecular formula is C14H22N2O2. The van der Waals surface area contributed by atoms with Crippen LogP contribution in [0.3, 0.4) is 0 Å². The van der Waals surface area contributed by atoms with E-state index in [2.05, 4.69) is 24.5 Å². The molecule has 1 unspecified atom stereocenters. The second-order valence-corrected chi connectivity index (χ2v) is 4.92. The van der Waals surface area contributed by atoms with Crippen LogP contribution in [-0.2, 0) is 9.59 Å². The van der Waals surface area contributed by atoms with E-state index in [1.807, 2.05) is 24.3 Å². The van der Waals surface area contributed by atoms with Crippen molar-refractivity contribution < 1.29 is 12.4 Å². The fourth-order valence-electron chi connectivity index (χ4n) is 2.16. The van der Waals surface area contributed by atoms with Crippen molar-refractivity contribution in [3.8, 4) is 0 Å². The molecule has 18 heavy (non-hydrogen) atoms. The predicted octanol–water partition coefficient (Wildman–Crippen LogP) is 2.52. The van der Waals surface area contributed by atoms with E-state index in [4.69, 9.17) is 0 Å². The van der Waals surface area contributed by atoms with Crippen LogP contribution in [0.4, 0.5) is 5.69 Å². The fraction of sp³-hybridized carbons (Fsp3) is 0.429. The average Bonchev–Trinajstić information content (AvgIpc) is 2.30. The summed E-state index contributed by atoms with van der Waals surface area (Å²) in [6, 6.07) is 8.22. The minimum Gasteiger partial charge on any atom is -0.383 e. The molecule has 1 heterocycles. The molecule has 2 rings (SSSR count). The van der Waals surface area contributed by atoms with Crippen LogP contribution in [-0.4, -0.2) is 17.9 Å². The first-order valence-electron chi connectivity index (χ1n) is 6.26. The Morgan fingerprint density at radius 2 is 1.94 bits per heavy atom. The Labute approximate surface area is 110 Å². The van der Waals surface area contributed by atoms with Crippen LogP contribution >= 0.6 is 0 Å². The van der Waals surface area contributed by atoms with Gasteiger partial charge in [0.05, 0.1) is 5.92 Å². The molecule has 0 saturated carbocycles. The van der Waals surface area contributed by atoms with Crippen LogP contribution in [0.1, 0.15) is 41.0 Å². The van der Waals surface area contributed by atoms with Gasteiger partial charge < -0.3 is 5.32 Å². The highest BCUT2D eigenvalue weighted by Gasteiger charge is 2.27. The van der Waals surface area contributed by atoms with E-state index >= 15 is 0 Å². The molecule has 1 aromatic carbocycles. The third kappa shape index (κ3) is 2.88. The summed E-state index contributed by atoms with van der Waals surface area (Å²) >= 11 is 0. The Kier molecular flexibility index (Phi) is 3.65. The standard InChI is InChI=1S/C14H18N2O2.2H2/c1-9(2)15-11-5-3-10(4-6-11)12-7-8-13(17)16-14(12)18;;/h3-6,9,12,15H,7-8H2,1-2H3,(H,16,17,18);2*1H. The zero-order valence-corrected chi connectivity index (χ0v) is 10.7.